The first-order chi connectivity index (χ1) is 19.9. The first-order valence-electron chi connectivity index (χ1n) is 14.0. The molecule has 1 saturated heterocycles. The minimum Gasteiger partial charge on any atom is -0.488 e. The van der Waals surface area contributed by atoms with E-state index in [4.69, 9.17) is 18.9 Å². The Labute approximate surface area is 247 Å². The Balaban J connectivity index is 2.12. The second-order valence-corrected chi connectivity index (χ2v) is 10.6. The lowest BCUT2D eigenvalue weighted by atomic mass is 9.94. The number of rotatable bonds is 14. The minimum absolute atomic E-state index is 0.154. The number of hydrogen-bond donors (Lipinski definition) is 6. The van der Waals surface area contributed by atoms with Crippen LogP contribution < -0.4 is 14.9 Å². The van der Waals surface area contributed by atoms with Crippen LogP contribution in [0.2, 0.25) is 0 Å². The summed E-state index contributed by atoms with van der Waals surface area (Å²) in [6, 6.07) is 0. The summed E-state index contributed by atoms with van der Waals surface area (Å²) in [4.78, 5) is 15.7. The normalized spacial score (nSPS) is 25.5. The van der Waals surface area contributed by atoms with Gasteiger partial charge in [-0.1, -0.05) is 48.5 Å². The van der Waals surface area contributed by atoms with Gasteiger partial charge in [0.25, 0.3) is 0 Å². The van der Waals surface area contributed by atoms with Crippen LogP contribution in [0.3, 0.4) is 0 Å². The van der Waals surface area contributed by atoms with E-state index < -0.39 is 43.4 Å². The van der Waals surface area contributed by atoms with Crippen molar-refractivity contribution in [2.75, 3.05) is 27.4 Å². The zero-order chi connectivity index (χ0) is 31.6. The third kappa shape index (κ3) is 9.11. The van der Waals surface area contributed by atoms with Crippen LogP contribution in [0, 0.1) is 12.8 Å². The molecule has 7 atom stereocenters. The predicted octanol–water partition coefficient (Wildman–Crippen LogP) is 1.84. The van der Waals surface area contributed by atoms with Crippen molar-refractivity contribution in [3.05, 3.63) is 68.6 Å². The van der Waals surface area contributed by atoms with E-state index in [0.717, 1.165) is 16.8 Å². The highest BCUT2D eigenvalue weighted by Crippen LogP contribution is 2.28. The fraction of sp³-hybridized carbons (Fsp3) is 0.581. The van der Waals surface area contributed by atoms with Gasteiger partial charge in [0.15, 0.2) is 6.29 Å². The van der Waals surface area contributed by atoms with Crippen LogP contribution in [0.1, 0.15) is 45.4 Å². The lowest BCUT2D eigenvalue weighted by Crippen LogP contribution is -2.60. The molecule has 0 unspecified atom stereocenters. The number of aliphatic hydroxyl groups excluding tert-OH is 5. The summed E-state index contributed by atoms with van der Waals surface area (Å²) >= 11 is 0. The van der Waals surface area contributed by atoms with Gasteiger partial charge in [-0.15, -0.1) is 0 Å². The number of aliphatic hydroxyl groups is 5. The Morgan fingerprint density at radius 3 is 2.33 bits per heavy atom. The second kappa shape index (κ2) is 16.8. The third-order valence-electron chi connectivity index (χ3n) is 7.35. The average Bonchev–Trinajstić information content (AvgIpc) is 2.96. The van der Waals surface area contributed by atoms with Crippen molar-refractivity contribution in [1.82, 2.24) is 4.98 Å². The molecule has 236 valence electrons. The molecule has 0 radical (unpaired) electrons. The number of allylic oxidation sites excluding steroid dienone is 5. The van der Waals surface area contributed by atoms with Crippen LogP contribution >= 0.6 is 0 Å². The van der Waals surface area contributed by atoms with Gasteiger partial charge >= 0.3 is 0 Å². The van der Waals surface area contributed by atoms with E-state index in [-0.39, 0.29) is 23.7 Å². The van der Waals surface area contributed by atoms with Gasteiger partial charge in [0.2, 0.25) is 17.1 Å². The molecule has 0 bridgehead atoms. The summed E-state index contributed by atoms with van der Waals surface area (Å²) in [5.74, 6) is 0.217. The van der Waals surface area contributed by atoms with Crippen LogP contribution in [-0.4, -0.2) is 94.8 Å². The van der Waals surface area contributed by atoms with E-state index in [1.54, 1.807) is 19.9 Å². The standard InChI is InChI=1S/C31H47NO10/c1-17(11-12-22-21(5)24(35)29(39-6)30(32-22)40-7)9-8-10-18(2)15-20(4)28(19(3)13-14-33)42-31-27(38)26(37)25(36)23(16-34)41-31/h8,10-11,13,15,20,23,25-28,31,33-34,36-38H,9,12,14,16H2,1-7H3,(H,32,35)/t20-,23-,25-,26-,27-,28+,31+/m1/s1. The molecule has 0 aliphatic carbocycles. The molecule has 0 saturated carbocycles. The van der Waals surface area contributed by atoms with E-state index in [1.165, 1.54) is 14.2 Å². The van der Waals surface area contributed by atoms with Crippen molar-refractivity contribution < 1.29 is 44.5 Å². The van der Waals surface area contributed by atoms with Crippen molar-refractivity contribution in [1.29, 1.82) is 0 Å². The molecule has 2 heterocycles. The Bertz CT molecular complexity index is 1200. The molecule has 0 amide bonds. The summed E-state index contributed by atoms with van der Waals surface area (Å²) < 4.78 is 22.0. The number of nitrogens with one attached hydrogen (secondary N) is 1. The summed E-state index contributed by atoms with van der Waals surface area (Å²) in [6.45, 7) is 8.63. The highest BCUT2D eigenvalue weighted by atomic mass is 16.7. The maximum Gasteiger partial charge on any atom is 0.238 e. The molecule has 1 aromatic rings. The number of methoxy groups -OCH3 is 2. The minimum atomic E-state index is -1.55. The predicted molar refractivity (Wildman–Crippen MR) is 159 cm³/mol. The van der Waals surface area contributed by atoms with Crippen molar-refractivity contribution in [2.45, 2.75) is 84.3 Å². The fourth-order valence-corrected chi connectivity index (χ4v) is 4.81. The number of aromatic nitrogens is 1. The Hall–Kier alpha value is -2.77. The Morgan fingerprint density at radius 1 is 1.05 bits per heavy atom. The molecule has 0 spiro atoms. The SMILES string of the molecule is COc1[nH]c(CC=C(C)CC=CC(C)=C[C@@H](C)[C@@H](O[C@@H]2O[C@H](CO)[C@@H](O)[C@@H](O)[C@H]2O)C(C)=CCO)c(C)c(=O)c1OC. The summed E-state index contributed by atoms with van der Waals surface area (Å²) in [6.07, 6.45) is 3.27. The van der Waals surface area contributed by atoms with Crippen LogP contribution in [-0.2, 0) is 15.9 Å². The lowest BCUT2D eigenvalue weighted by Gasteiger charge is -2.41. The average molecular weight is 594 g/mol. The van der Waals surface area contributed by atoms with Crippen molar-refractivity contribution >= 4 is 0 Å². The van der Waals surface area contributed by atoms with Crippen LogP contribution in [0.4, 0.5) is 0 Å². The molecule has 1 aromatic heterocycles. The first-order valence-corrected chi connectivity index (χ1v) is 14.0. The zero-order valence-corrected chi connectivity index (χ0v) is 25.5. The third-order valence-corrected chi connectivity index (χ3v) is 7.35. The molecular formula is C31H47NO10. The molecule has 0 aromatic carbocycles. The fourth-order valence-electron chi connectivity index (χ4n) is 4.81. The van der Waals surface area contributed by atoms with E-state index in [1.807, 2.05) is 45.1 Å². The Morgan fingerprint density at radius 2 is 1.74 bits per heavy atom. The number of H-pyrrole nitrogens is 1. The van der Waals surface area contributed by atoms with Crippen LogP contribution in [0.25, 0.3) is 0 Å². The van der Waals surface area contributed by atoms with E-state index in [0.29, 0.717) is 29.9 Å². The smallest absolute Gasteiger partial charge is 0.238 e. The molecule has 1 aliphatic heterocycles. The van der Waals surface area contributed by atoms with Crippen molar-refractivity contribution in [3.8, 4) is 11.6 Å². The van der Waals surface area contributed by atoms with Gasteiger partial charge in [-0.3, -0.25) is 4.79 Å². The summed E-state index contributed by atoms with van der Waals surface area (Å²) in [5, 5.41) is 49.6. The van der Waals surface area contributed by atoms with E-state index in [9.17, 15) is 30.3 Å². The molecule has 6 N–H and O–H groups in total. The van der Waals surface area contributed by atoms with Crippen LogP contribution in [0.5, 0.6) is 11.6 Å². The maximum absolute atomic E-state index is 12.6. The molecule has 11 nitrogen and oxygen atoms in total. The summed E-state index contributed by atoms with van der Waals surface area (Å²) in [7, 11) is 2.91. The molecule has 2 rings (SSSR count). The molecular weight excluding hydrogens is 546 g/mol. The molecule has 1 fully saturated rings. The van der Waals surface area contributed by atoms with Gasteiger partial charge in [-0.05, 0) is 39.7 Å². The quantitative estimate of drug-likeness (QED) is 0.138. The molecule has 1 aliphatic rings. The summed E-state index contributed by atoms with van der Waals surface area (Å²) in [5.41, 5.74) is 3.87. The molecule has 42 heavy (non-hydrogen) atoms. The number of hydrogen-bond acceptors (Lipinski definition) is 10. The largest absolute Gasteiger partial charge is 0.488 e. The number of pyridine rings is 1. The van der Waals surface area contributed by atoms with E-state index >= 15 is 0 Å². The lowest BCUT2D eigenvalue weighted by molar-refractivity contribution is -0.310. The molecule has 11 heteroatoms. The van der Waals surface area contributed by atoms with Crippen molar-refractivity contribution in [2.24, 2.45) is 5.92 Å². The van der Waals surface area contributed by atoms with E-state index in [2.05, 4.69) is 4.98 Å². The van der Waals surface area contributed by atoms with Gasteiger partial charge in [-0.25, -0.2) is 0 Å². The maximum atomic E-state index is 12.6. The Kier molecular flexibility index (Phi) is 14.1. The van der Waals surface area contributed by atoms with Gasteiger partial charge in [0.05, 0.1) is 33.5 Å². The van der Waals surface area contributed by atoms with Gasteiger partial charge in [0, 0.05) is 23.6 Å². The highest BCUT2D eigenvalue weighted by molar-refractivity contribution is 5.40. The first kappa shape index (κ1) is 35.4. The van der Waals surface area contributed by atoms with Gasteiger partial charge < -0.3 is 49.5 Å². The zero-order valence-electron chi connectivity index (χ0n) is 25.5. The van der Waals surface area contributed by atoms with Crippen molar-refractivity contribution in [3.63, 3.8) is 0 Å². The van der Waals surface area contributed by atoms with Crippen LogP contribution in [0.15, 0.2) is 51.9 Å². The highest BCUT2D eigenvalue weighted by Gasteiger charge is 2.45. The monoisotopic (exact) mass is 593 g/mol. The number of ether oxygens (including phenoxy) is 4. The number of aromatic amines is 1. The van der Waals surface area contributed by atoms with Gasteiger partial charge in [0.1, 0.15) is 24.4 Å². The topological polar surface area (TPSA) is 171 Å². The van der Waals surface area contributed by atoms with Gasteiger partial charge in [-0.2, -0.15) is 0 Å². The second-order valence-electron chi connectivity index (χ2n) is 10.6.